The molecule has 0 unspecified atom stereocenters. The molecule has 0 saturated carbocycles. The number of anilines is 1. The van der Waals surface area contributed by atoms with Gasteiger partial charge in [0.2, 0.25) is 0 Å². The van der Waals surface area contributed by atoms with E-state index in [-0.39, 0.29) is 11.9 Å². The monoisotopic (exact) mass is 386 g/mol. The lowest BCUT2D eigenvalue weighted by molar-refractivity contribution is 0.0940. The van der Waals surface area contributed by atoms with Crippen LogP contribution in [0.2, 0.25) is 5.02 Å². The summed E-state index contributed by atoms with van der Waals surface area (Å²) in [5.41, 5.74) is 2.86. The molecular weight excluding hydrogens is 360 g/mol. The van der Waals surface area contributed by atoms with E-state index in [2.05, 4.69) is 41.4 Å². The Balaban J connectivity index is 1.64. The first-order valence-corrected chi connectivity index (χ1v) is 9.85. The Bertz CT molecular complexity index is 791. The lowest BCUT2D eigenvalue weighted by atomic mass is 9.99. The summed E-state index contributed by atoms with van der Waals surface area (Å²) in [4.78, 5) is 15.0. The van der Waals surface area contributed by atoms with Crippen LogP contribution in [0.15, 0.2) is 42.5 Å². The molecule has 0 bridgehead atoms. The number of hydrogen-bond donors (Lipinski definition) is 1. The van der Waals surface area contributed by atoms with Crippen LogP contribution in [0.4, 0.5) is 5.69 Å². The quantitative estimate of drug-likeness (QED) is 0.779. The van der Waals surface area contributed by atoms with Gasteiger partial charge in [-0.05, 0) is 61.6 Å². The Morgan fingerprint density at radius 2 is 2.00 bits per heavy atom. The Hall–Kier alpha value is -2.20. The molecule has 144 valence electrons. The second-order valence-corrected chi connectivity index (χ2v) is 7.74. The average Bonchev–Trinajstić information content (AvgIpc) is 2.68. The molecule has 1 saturated heterocycles. The van der Waals surface area contributed by atoms with Gasteiger partial charge in [0, 0.05) is 24.3 Å². The number of carbonyl (C=O) groups is 1. The largest absolute Gasteiger partial charge is 0.495 e. The molecule has 2 atom stereocenters. The molecule has 1 heterocycles. The number of piperidine rings is 1. The van der Waals surface area contributed by atoms with Crippen molar-refractivity contribution in [2.45, 2.75) is 32.7 Å². The number of methoxy groups -OCH3 is 1. The number of amides is 1. The molecule has 5 heteroatoms. The van der Waals surface area contributed by atoms with E-state index in [4.69, 9.17) is 16.3 Å². The molecule has 1 aliphatic heterocycles. The lowest BCUT2D eigenvalue weighted by Gasteiger charge is -2.33. The molecule has 2 aromatic rings. The molecule has 0 radical (unpaired) electrons. The van der Waals surface area contributed by atoms with Crippen LogP contribution in [0.3, 0.4) is 0 Å². The van der Waals surface area contributed by atoms with Crippen molar-refractivity contribution in [3.05, 3.63) is 58.6 Å². The molecule has 1 N–H and O–H groups in total. The molecule has 3 rings (SSSR count). The van der Waals surface area contributed by atoms with E-state index in [1.807, 2.05) is 6.92 Å². The maximum atomic E-state index is 12.5. The van der Waals surface area contributed by atoms with Crippen LogP contribution < -0.4 is 15.0 Å². The van der Waals surface area contributed by atoms with Crippen LogP contribution >= 0.6 is 11.6 Å². The van der Waals surface area contributed by atoms with Gasteiger partial charge in [-0.1, -0.05) is 30.7 Å². The second kappa shape index (κ2) is 8.66. The smallest absolute Gasteiger partial charge is 0.251 e. The third kappa shape index (κ3) is 4.75. The second-order valence-electron chi connectivity index (χ2n) is 7.33. The van der Waals surface area contributed by atoms with Crippen LogP contribution in [0.5, 0.6) is 5.75 Å². The first kappa shape index (κ1) is 19.6. The Labute approximate surface area is 166 Å². The minimum atomic E-state index is -0.152. The van der Waals surface area contributed by atoms with E-state index in [0.717, 1.165) is 24.6 Å². The summed E-state index contributed by atoms with van der Waals surface area (Å²) in [5.74, 6) is 1.15. The zero-order valence-electron chi connectivity index (χ0n) is 16.2. The first-order valence-electron chi connectivity index (χ1n) is 9.47. The van der Waals surface area contributed by atoms with Gasteiger partial charge in [-0.2, -0.15) is 0 Å². The summed E-state index contributed by atoms with van der Waals surface area (Å²) in [6, 6.07) is 13.5. The number of hydrogen-bond acceptors (Lipinski definition) is 3. The van der Waals surface area contributed by atoms with Crippen molar-refractivity contribution in [1.82, 2.24) is 5.32 Å². The Kier molecular flexibility index (Phi) is 6.27. The number of carbonyl (C=O) groups excluding carboxylic acids is 1. The fourth-order valence-electron chi connectivity index (χ4n) is 3.57. The molecular formula is C22H27ClN2O2. The SMILES string of the molecule is COc1ccc(C(=O)N[C@H](C)c2ccc(N3CCC[C@@H](C)C3)cc2)cc1Cl. The van der Waals surface area contributed by atoms with Crippen molar-refractivity contribution in [3.63, 3.8) is 0 Å². The Morgan fingerprint density at radius 3 is 2.63 bits per heavy atom. The molecule has 1 amide bonds. The summed E-state index contributed by atoms with van der Waals surface area (Å²) < 4.78 is 5.13. The maximum Gasteiger partial charge on any atom is 0.251 e. The first-order chi connectivity index (χ1) is 13.0. The molecule has 1 fully saturated rings. The van der Waals surface area contributed by atoms with Gasteiger partial charge in [0.15, 0.2) is 0 Å². The van der Waals surface area contributed by atoms with Crippen LogP contribution in [0, 0.1) is 5.92 Å². The predicted octanol–water partition coefficient (Wildman–Crippen LogP) is 5.08. The van der Waals surface area contributed by atoms with E-state index >= 15 is 0 Å². The topological polar surface area (TPSA) is 41.6 Å². The number of halogens is 1. The van der Waals surface area contributed by atoms with E-state index < -0.39 is 0 Å². The van der Waals surface area contributed by atoms with Crippen molar-refractivity contribution in [3.8, 4) is 5.75 Å². The fourth-order valence-corrected chi connectivity index (χ4v) is 3.83. The predicted molar refractivity (Wildman–Crippen MR) is 111 cm³/mol. The zero-order valence-corrected chi connectivity index (χ0v) is 16.9. The van der Waals surface area contributed by atoms with Crippen LogP contribution in [-0.4, -0.2) is 26.1 Å². The van der Waals surface area contributed by atoms with Gasteiger partial charge in [0.25, 0.3) is 5.91 Å². The van der Waals surface area contributed by atoms with E-state index in [1.165, 1.54) is 18.5 Å². The normalized spacial score (nSPS) is 18.1. The average molecular weight is 387 g/mol. The third-order valence-electron chi connectivity index (χ3n) is 5.18. The number of benzene rings is 2. The van der Waals surface area contributed by atoms with Gasteiger partial charge in [0.1, 0.15) is 5.75 Å². The van der Waals surface area contributed by atoms with Crippen LogP contribution in [0.25, 0.3) is 0 Å². The van der Waals surface area contributed by atoms with Gasteiger partial charge >= 0.3 is 0 Å². The van der Waals surface area contributed by atoms with Crippen molar-refractivity contribution in [1.29, 1.82) is 0 Å². The highest BCUT2D eigenvalue weighted by Crippen LogP contribution is 2.26. The van der Waals surface area contributed by atoms with Gasteiger partial charge < -0.3 is 15.0 Å². The van der Waals surface area contributed by atoms with Crippen molar-refractivity contribution < 1.29 is 9.53 Å². The molecule has 0 aromatic heterocycles. The highest BCUT2D eigenvalue weighted by atomic mass is 35.5. The van der Waals surface area contributed by atoms with Crippen molar-refractivity contribution in [2.75, 3.05) is 25.1 Å². The van der Waals surface area contributed by atoms with Crippen LogP contribution in [-0.2, 0) is 0 Å². The standard InChI is InChI=1S/C22H27ClN2O2/c1-15-5-4-12-25(14-15)19-9-6-17(7-10-19)16(2)24-22(26)18-8-11-21(27-3)20(23)13-18/h6-11,13,15-16H,4-5,12,14H2,1-3H3,(H,24,26)/t15-,16-/m1/s1. The molecule has 1 aliphatic rings. The fraction of sp³-hybridized carbons (Fsp3) is 0.409. The number of ether oxygens (including phenoxy) is 1. The number of rotatable bonds is 5. The van der Waals surface area contributed by atoms with E-state index in [9.17, 15) is 4.79 Å². The van der Waals surface area contributed by atoms with Crippen LogP contribution in [0.1, 0.15) is 48.7 Å². The van der Waals surface area contributed by atoms with Gasteiger partial charge in [-0.25, -0.2) is 0 Å². The molecule has 0 aliphatic carbocycles. The van der Waals surface area contributed by atoms with Gasteiger partial charge in [-0.3, -0.25) is 4.79 Å². The summed E-state index contributed by atoms with van der Waals surface area (Å²) in [5, 5.41) is 3.46. The lowest BCUT2D eigenvalue weighted by Crippen LogP contribution is -2.34. The molecule has 27 heavy (non-hydrogen) atoms. The minimum Gasteiger partial charge on any atom is -0.495 e. The highest BCUT2D eigenvalue weighted by molar-refractivity contribution is 6.32. The highest BCUT2D eigenvalue weighted by Gasteiger charge is 2.17. The number of nitrogens with zero attached hydrogens (tertiary/aromatic N) is 1. The summed E-state index contributed by atoms with van der Waals surface area (Å²) in [7, 11) is 1.55. The van der Waals surface area contributed by atoms with Gasteiger partial charge in [0.05, 0.1) is 18.2 Å². The van der Waals surface area contributed by atoms with Gasteiger partial charge in [-0.15, -0.1) is 0 Å². The summed E-state index contributed by atoms with van der Waals surface area (Å²) >= 11 is 6.12. The Morgan fingerprint density at radius 1 is 1.26 bits per heavy atom. The van der Waals surface area contributed by atoms with E-state index in [1.54, 1.807) is 25.3 Å². The molecule has 4 nitrogen and oxygen atoms in total. The minimum absolute atomic E-state index is 0.0901. The van der Waals surface area contributed by atoms with Crippen molar-refractivity contribution >= 4 is 23.2 Å². The molecule has 2 aromatic carbocycles. The maximum absolute atomic E-state index is 12.5. The summed E-state index contributed by atoms with van der Waals surface area (Å²) in [6.07, 6.45) is 2.56. The summed E-state index contributed by atoms with van der Waals surface area (Å²) in [6.45, 7) is 6.53. The van der Waals surface area contributed by atoms with Crippen molar-refractivity contribution in [2.24, 2.45) is 5.92 Å². The molecule has 0 spiro atoms. The third-order valence-corrected chi connectivity index (χ3v) is 5.47. The zero-order chi connectivity index (χ0) is 19.4. The van der Waals surface area contributed by atoms with E-state index in [0.29, 0.717) is 16.3 Å². The number of nitrogens with one attached hydrogen (secondary N) is 1.